The molecular weight excluding hydrogens is 214 g/mol. The summed E-state index contributed by atoms with van der Waals surface area (Å²) in [5.74, 6) is 0.360. The van der Waals surface area contributed by atoms with Gasteiger partial charge in [-0.05, 0) is 31.6 Å². The standard InChI is InChI=1S/C14H27NO2/c1-5-11(3)12(4)15-14(13(16)17)8-6-7-10(2)9-14/h10-12,15H,5-9H2,1-4H3,(H,16,17). The molecule has 0 aromatic heterocycles. The molecule has 100 valence electrons. The fourth-order valence-corrected chi connectivity index (χ4v) is 2.87. The van der Waals surface area contributed by atoms with Crippen LogP contribution in [0.1, 0.15) is 59.8 Å². The minimum atomic E-state index is -0.680. The number of rotatable bonds is 5. The van der Waals surface area contributed by atoms with Gasteiger partial charge in [-0.3, -0.25) is 10.1 Å². The van der Waals surface area contributed by atoms with Crippen molar-refractivity contribution in [1.29, 1.82) is 0 Å². The zero-order valence-corrected chi connectivity index (χ0v) is 11.6. The summed E-state index contributed by atoms with van der Waals surface area (Å²) in [6, 6.07) is 0.265. The first-order valence-corrected chi connectivity index (χ1v) is 6.92. The van der Waals surface area contributed by atoms with Crippen LogP contribution in [-0.4, -0.2) is 22.7 Å². The summed E-state index contributed by atoms with van der Waals surface area (Å²) >= 11 is 0. The molecule has 1 fully saturated rings. The fraction of sp³-hybridized carbons (Fsp3) is 0.929. The maximum Gasteiger partial charge on any atom is 0.323 e. The van der Waals surface area contributed by atoms with Crippen molar-refractivity contribution in [2.45, 2.75) is 71.4 Å². The summed E-state index contributed by atoms with van der Waals surface area (Å²) in [7, 11) is 0. The van der Waals surface area contributed by atoms with Crippen LogP contribution < -0.4 is 5.32 Å². The first kappa shape index (κ1) is 14.5. The Hall–Kier alpha value is -0.570. The highest BCUT2D eigenvalue weighted by Gasteiger charge is 2.42. The molecule has 4 atom stereocenters. The Morgan fingerprint density at radius 2 is 2.18 bits per heavy atom. The van der Waals surface area contributed by atoms with Crippen molar-refractivity contribution in [3.8, 4) is 0 Å². The summed E-state index contributed by atoms with van der Waals surface area (Å²) in [4.78, 5) is 11.6. The van der Waals surface area contributed by atoms with Gasteiger partial charge in [-0.1, -0.05) is 40.0 Å². The van der Waals surface area contributed by atoms with Crippen LogP contribution in [0, 0.1) is 11.8 Å². The molecule has 2 N–H and O–H groups in total. The van der Waals surface area contributed by atoms with Gasteiger partial charge in [-0.15, -0.1) is 0 Å². The molecule has 0 saturated heterocycles. The molecule has 0 bridgehead atoms. The second-order valence-electron chi connectivity index (χ2n) is 5.91. The predicted octanol–water partition coefficient (Wildman–Crippen LogP) is 3.04. The second kappa shape index (κ2) is 5.85. The van der Waals surface area contributed by atoms with E-state index in [1.165, 1.54) is 0 Å². The Balaban J connectivity index is 2.75. The average Bonchev–Trinajstić information content (AvgIpc) is 2.27. The van der Waals surface area contributed by atoms with Gasteiger partial charge in [0.1, 0.15) is 5.54 Å². The van der Waals surface area contributed by atoms with E-state index >= 15 is 0 Å². The first-order chi connectivity index (χ1) is 7.91. The predicted molar refractivity (Wildman–Crippen MR) is 70.1 cm³/mol. The lowest BCUT2D eigenvalue weighted by Crippen LogP contribution is -2.58. The summed E-state index contributed by atoms with van der Waals surface area (Å²) in [5.41, 5.74) is -0.680. The molecule has 1 aliphatic rings. The molecule has 0 aromatic rings. The topological polar surface area (TPSA) is 49.3 Å². The lowest BCUT2D eigenvalue weighted by Gasteiger charge is -2.40. The van der Waals surface area contributed by atoms with Gasteiger partial charge >= 0.3 is 5.97 Å². The molecule has 0 aromatic carbocycles. The molecule has 0 heterocycles. The normalized spacial score (nSPS) is 33.1. The van der Waals surface area contributed by atoms with E-state index in [-0.39, 0.29) is 6.04 Å². The molecule has 1 rings (SSSR count). The number of hydrogen-bond acceptors (Lipinski definition) is 2. The number of carbonyl (C=O) groups is 1. The summed E-state index contributed by atoms with van der Waals surface area (Å²) in [6.07, 6.45) is 4.80. The van der Waals surface area contributed by atoms with Gasteiger partial charge in [0.15, 0.2) is 0 Å². The van der Waals surface area contributed by atoms with E-state index in [0.717, 1.165) is 32.1 Å². The summed E-state index contributed by atoms with van der Waals surface area (Å²) in [6.45, 7) is 8.60. The van der Waals surface area contributed by atoms with Crippen molar-refractivity contribution in [2.75, 3.05) is 0 Å². The smallest absolute Gasteiger partial charge is 0.323 e. The SMILES string of the molecule is CCC(C)C(C)NC1(C(=O)O)CCCC(C)C1. The van der Waals surface area contributed by atoms with Gasteiger partial charge in [-0.25, -0.2) is 0 Å². The Kier molecular flexibility index (Phi) is 4.99. The monoisotopic (exact) mass is 241 g/mol. The lowest BCUT2D eigenvalue weighted by molar-refractivity contribution is -0.147. The third kappa shape index (κ3) is 3.44. The third-order valence-electron chi connectivity index (χ3n) is 4.41. The quantitative estimate of drug-likeness (QED) is 0.778. The molecule has 1 saturated carbocycles. The van der Waals surface area contributed by atoms with Crippen LogP contribution in [-0.2, 0) is 4.79 Å². The van der Waals surface area contributed by atoms with Crippen molar-refractivity contribution in [1.82, 2.24) is 5.32 Å². The van der Waals surface area contributed by atoms with Gasteiger partial charge in [0.2, 0.25) is 0 Å². The molecule has 0 aliphatic heterocycles. The van der Waals surface area contributed by atoms with Crippen molar-refractivity contribution < 1.29 is 9.90 Å². The molecule has 4 unspecified atom stereocenters. The van der Waals surface area contributed by atoms with Gasteiger partial charge in [0, 0.05) is 6.04 Å². The summed E-state index contributed by atoms with van der Waals surface area (Å²) < 4.78 is 0. The zero-order valence-electron chi connectivity index (χ0n) is 11.6. The maximum atomic E-state index is 11.6. The third-order valence-corrected chi connectivity index (χ3v) is 4.41. The molecule has 1 aliphatic carbocycles. The van der Waals surface area contributed by atoms with Gasteiger partial charge in [0.25, 0.3) is 0 Å². The Labute approximate surface area is 105 Å². The number of carboxylic acids is 1. The highest BCUT2D eigenvalue weighted by Crippen LogP contribution is 2.33. The van der Waals surface area contributed by atoms with E-state index < -0.39 is 11.5 Å². The van der Waals surface area contributed by atoms with Crippen LogP contribution in [0.2, 0.25) is 0 Å². The highest BCUT2D eigenvalue weighted by molar-refractivity contribution is 5.79. The van der Waals surface area contributed by atoms with E-state index in [0.29, 0.717) is 11.8 Å². The van der Waals surface area contributed by atoms with Crippen molar-refractivity contribution >= 4 is 5.97 Å². The number of nitrogens with one attached hydrogen (secondary N) is 1. The van der Waals surface area contributed by atoms with Crippen LogP contribution in [0.5, 0.6) is 0 Å². The second-order valence-corrected chi connectivity index (χ2v) is 5.91. The number of hydrogen-bond donors (Lipinski definition) is 2. The molecule has 0 amide bonds. The molecule has 17 heavy (non-hydrogen) atoms. The van der Waals surface area contributed by atoms with Crippen LogP contribution in [0.15, 0.2) is 0 Å². The van der Waals surface area contributed by atoms with E-state index in [4.69, 9.17) is 0 Å². The molecule has 3 nitrogen and oxygen atoms in total. The highest BCUT2D eigenvalue weighted by atomic mass is 16.4. The number of aliphatic carboxylic acids is 1. The van der Waals surface area contributed by atoms with E-state index in [1.54, 1.807) is 0 Å². The van der Waals surface area contributed by atoms with E-state index in [1.807, 2.05) is 0 Å². The van der Waals surface area contributed by atoms with E-state index in [9.17, 15) is 9.90 Å². The zero-order chi connectivity index (χ0) is 13.1. The van der Waals surface area contributed by atoms with Gasteiger partial charge in [-0.2, -0.15) is 0 Å². The van der Waals surface area contributed by atoms with E-state index in [2.05, 4.69) is 33.0 Å². The molecule has 0 radical (unpaired) electrons. The van der Waals surface area contributed by atoms with Gasteiger partial charge in [0.05, 0.1) is 0 Å². The van der Waals surface area contributed by atoms with Crippen LogP contribution in [0.3, 0.4) is 0 Å². The first-order valence-electron chi connectivity index (χ1n) is 6.92. The van der Waals surface area contributed by atoms with Crippen molar-refractivity contribution in [3.63, 3.8) is 0 Å². The molecule has 3 heteroatoms. The van der Waals surface area contributed by atoms with Gasteiger partial charge < -0.3 is 5.11 Å². The Morgan fingerprint density at radius 1 is 1.53 bits per heavy atom. The van der Waals surface area contributed by atoms with Crippen molar-refractivity contribution in [3.05, 3.63) is 0 Å². The summed E-state index contributed by atoms with van der Waals surface area (Å²) in [5, 5.41) is 13.0. The van der Waals surface area contributed by atoms with Crippen LogP contribution in [0.4, 0.5) is 0 Å². The average molecular weight is 241 g/mol. The molecule has 0 spiro atoms. The van der Waals surface area contributed by atoms with Crippen LogP contribution in [0.25, 0.3) is 0 Å². The fourth-order valence-electron chi connectivity index (χ4n) is 2.87. The molecular formula is C14H27NO2. The lowest BCUT2D eigenvalue weighted by atomic mass is 9.75. The van der Waals surface area contributed by atoms with Crippen molar-refractivity contribution in [2.24, 2.45) is 11.8 Å². The number of carboxylic acid groups (broad SMARTS) is 1. The van der Waals surface area contributed by atoms with Crippen LogP contribution >= 0.6 is 0 Å². The largest absolute Gasteiger partial charge is 0.480 e. The minimum absolute atomic E-state index is 0.265. The maximum absolute atomic E-state index is 11.6. The minimum Gasteiger partial charge on any atom is -0.480 e. The Morgan fingerprint density at radius 3 is 2.65 bits per heavy atom. The Bertz CT molecular complexity index is 267.